The quantitative estimate of drug-likeness (QED) is 0.829. The lowest BCUT2D eigenvalue weighted by molar-refractivity contribution is -0.0927. The predicted octanol–water partition coefficient (Wildman–Crippen LogP) is 1.86. The minimum absolute atomic E-state index is 0.0553. The minimum atomic E-state index is -0.147. The van der Waals surface area contributed by atoms with Crippen LogP contribution < -0.4 is 5.73 Å². The van der Waals surface area contributed by atoms with Gasteiger partial charge in [-0.25, -0.2) is 0 Å². The zero-order valence-corrected chi connectivity index (χ0v) is 10.1. The zero-order chi connectivity index (χ0) is 11.6. The van der Waals surface area contributed by atoms with E-state index in [4.69, 9.17) is 10.5 Å². The molecular weight excluding hydrogens is 202 g/mol. The number of hydrogen-bond donors (Lipinski definition) is 1. The van der Waals surface area contributed by atoms with E-state index < -0.39 is 0 Å². The predicted molar refractivity (Wildman–Crippen MR) is 63.0 cm³/mol. The van der Waals surface area contributed by atoms with E-state index in [-0.39, 0.29) is 11.6 Å². The topological polar surface area (TPSA) is 53.1 Å². The maximum absolute atomic E-state index is 6.34. The van der Waals surface area contributed by atoms with Crippen molar-refractivity contribution < 1.29 is 4.74 Å². The first kappa shape index (κ1) is 11.6. The fourth-order valence-electron chi connectivity index (χ4n) is 2.44. The van der Waals surface area contributed by atoms with Crippen molar-refractivity contribution in [2.75, 3.05) is 7.11 Å². The van der Waals surface area contributed by atoms with Crippen LogP contribution in [0.15, 0.2) is 12.3 Å². The molecule has 1 aromatic heterocycles. The molecule has 1 unspecified atom stereocenters. The number of aryl methyl sites for hydroxylation is 1. The Hall–Kier alpha value is -0.870. The Morgan fingerprint density at radius 1 is 1.62 bits per heavy atom. The highest BCUT2D eigenvalue weighted by Crippen LogP contribution is 2.43. The summed E-state index contributed by atoms with van der Waals surface area (Å²) in [7, 11) is 1.76. The van der Waals surface area contributed by atoms with E-state index in [9.17, 15) is 0 Å². The fraction of sp³-hybridized carbons (Fsp3) is 0.750. The van der Waals surface area contributed by atoms with Gasteiger partial charge in [0.15, 0.2) is 0 Å². The molecule has 1 aliphatic rings. The van der Waals surface area contributed by atoms with Gasteiger partial charge in [0.25, 0.3) is 0 Å². The fourth-order valence-corrected chi connectivity index (χ4v) is 2.44. The molecule has 0 bridgehead atoms. The van der Waals surface area contributed by atoms with Crippen molar-refractivity contribution in [3.05, 3.63) is 18.0 Å². The van der Waals surface area contributed by atoms with Crippen LogP contribution in [0.3, 0.4) is 0 Å². The molecular formula is C12H21N3O. The normalized spacial score (nSPS) is 20.4. The van der Waals surface area contributed by atoms with E-state index in [1.165, 1.54) is 6.42 Å². The molecule has 2 N–H and O–H groups in total. The van der Waals surface area contributed by atoms with Gasteiger partial charge in [-0.1, -0.05) is 6.92 Å². The first-order valence-electron chi connectivity index (χ1n) is 6.06. The van der Waals surface area contributed by atoms with E-state index >= 15 is 0 Å². The third-order valence-electron chi connectivity index (χ3n) is 3.68. The second kappa shape index (κ2) is 4.55. The molecule has 2 rings (SSSR count). The summed E-state index contributed by atoms with van der Waals surface area (Å²) in [6, 6.07) is 1.96. The Morgan fingerprint density at radius 2 is 2.38 bits per heavy atom. The highest BCUT2D eigenvalue weighted by molar-refractivity contribution is 5.15. The van der Waals surface area contributed by atoms with Crippen LogP contribution in [0.4, 0.5) is 0 Å². The van der Waals surface area contributed by atoms with Gasteiger partial charge in [0, 0.05) is 19.9 Å². The van der Waals surface area contributed by atoms with Crippen molar-refractivity contribution in [2.24, 2.45) is 5.73 Å². The van der Waals surface area contributed by atoms with E-state index in [0.717, 1.165) is 31.5 Å². The maximum Gasteiger partial charge on any atom is 0.0885 e. The third-order valence-corrected chi connectivity index (χ3v) is 3.68. The van der Waals surface area contributed by atoms with Crippen molar-refractivity contribution in [3.63, 3.8) is 0 Å². The van der Waals surface area contributed by atoms with Crippen LogP contribution in [-0.4, -0.2) is 22.5 Å². The smallest absolute Gasteiger partial charge is 0.0885 e. The van der Waals surface area contributed by atoms with Gasteiger partial charge >= 0.3 is 0 Å². The summed E-state index contributed by atoms with van der Waals surface area (Å²) in [6.45, 7) is 3.07. The van der Waals surface area contributed by atoms with Crippen LogP contribution >= 0.6 is 0 Å². The summed E-state index contributed by atoms with van der Waals surface area (Å²) in [6.07, 6.45) is 6.22. The Bertz CT molecular complexity index is 338. The van der Waals surface area contributed by atoms with Crippen LogP contribution in [-0.2, 0) is 11.3 Å². The summed E-state index contributed by atoms with van der Waals surface area (Å²) in [5.74, 6) is 0. The molecule has 1 aromatic rings. The molecule has 1 atom stereocenters. The molecule has 0 radical (unpaired) electrons. The zero-order valence-electron chi connectivity index (χ0n) is 10.1. The number of nitrogens with two attached hydrogens (primary N) is 1. The van der Waals surface area contributed by atoms with Gasteiger partial charge in [-0.3, -0.25) is 4.68 Å². The highest BCUT2D eigenvalue weighted by atomic mass is 16.5. The Labute approximate surface area is 96.8 Å². The Kier molecular flexibility index (Phi) is 3.30. The van der Waals surface area contributed by atoms with E-state index in [0.29, 0.717) is 0 Å². The summed E-state index contributed by atoms with van der Waals surface area (Å²) < 4.78 is 7.63. The minimum Gasteiger partial charge on any atom is -0.376 e. The average molecular weight is 223 g/mol. The molecule has 90 valence electrons. The highest BCUT2D eigenvalue weighted by Gasteiger charge is 2.44. The number of ether oxygens (including phenoxy) is 1. The summed E-state index contributed by atoms with van der Waals surface area (Å²) >= 11 is 0. The summed E-state index contributed by atoms with van der Waals surface area (Å²) in [4.78, 5) is 0. The molecule has 4 nitrogen and oxygen atoms in total. The summed E-state index contributed by atoms with van der Waals surface area (Å²) in [5, 5.41) is 4.31. The first-order valence-corrected chi connectivity index (χ1v) is 6.06. The molecule has 4 heteroatoms. The van der Waals surface area contributed by atoms with Crippen LogP contribution in [0.5, 0.6) is 0 Å². The van der Waals surface area contributed by atoms with Crippen LogP contribution in [0.2, 0.25) is 0 Å². The van der Waals surface area contributed by atoms with Gasteiger partial charge in [0.1, 0.15) is 0 Å². The van der Waals surface area contributed by atoms with Crippen molar-refractivity contribution in [1.29, 1.82) is 0 Å². The van der Waals surface area contributed by atoms with Gasteiger partial charge in [-0.05, 0) is 31.7 Å². The molecule has 0 amide bonds. The molecule has 0 spiro atoms. The number of rotatable bonds is 5. The number of methoxy groups -OCH3 is 1. The number of aromatic nitrogens is 2. The van der Waals surface area contributed by atoms with Gasteiger partial charge < -0.3 is 10.5 Å². The van der Waals surface area contributed by atoms with E-state index in [2.05, 4.69) is 12.0 Å². The van der Waals surface area contributed by atoms with Crippen LogP contribution in [0.25, 0.3) is 0 Å². The van der Waals surface area contributed by atoms with Gasteiger partial charge in [-0.15, -0.1) is 0 Å². The van der Waals surface area contributed by atoms with Gasteiger partial charge in [-0.2, -0.15) is 5.10 Å². The average Bonchev–Trinajstić information content (AvgIpc) is 2.65. The van der Waals surface area contributed by atoms with Gasteiger partial charge in [0.05, 0.1) is 17.3 Å². The largest absolute Gasteiger partial charge is 0.376 e. The van der Waals surface area contributed by atoms with Crippen molar-refractivity contribution >= 4 is 0 Å². The monoisotopic (exact) mass is 223 g/mol. The molecule has 0 aromatic carbocycles. The molecule has 1 fully saturated rings. The van der Waals surface area contributed by atoms with Crippen LogP contribution in [0, 0.1) is 0 Å². The molecule has 16 heavy (non-hydrogen) atoms. The standard InChI is InChI=1S/C12H21N3O/c1-3-9-15-10(5-8-14-15)11(13)12(16-2)6-4-7-12/h5,8,11H,3-4,6-7,9,13H2,1-2H3. The maximum atomic E-state index is 6.34. The SMILES string of the molecule is CCCn1nccc1C(N)C1(OC)CCC1. The molecule has 1 heterocycles. The van der Waals surface area contributed by atoms with Crippen molar-refractivity contribution in [1.82, 2.24) is 9.78 Å². The Morgan fingerprint density at radius 3 is 2.88 bits per heavy atom. The lowest BCUT2D eigenvalue weighted by atomic mass is 9.73. The van der Waals surface area contributed by atoms with E-state index in [1.807, 2.05) is 16.9 Å². The second-order valence-corrected chi connectivity index (χ2v) is 4.58. The Balaban J connectivity index is 2.19. The van der Waals surface area contributed by atoms with Crippen molar-refractivity contribution in [2.45, 2.75) is 50.8 Å². The molecule has 1 saturated carbocycles. The van der Waals surface area contributed by atoms with Crippen LogP contribution in [0.1, 0.15) is 44.3 Å². The lowest BCUT2D eigenvalue weighted by Gasteiger charge is -2.44. The number of nitrogens with zero attached hydrogens (tertiary/aromatic N) is 2. The van der Waals surface area contributed by atoms with Gasteiger partial charge in [0.2, 0.25) is 0 Å². The molecule has 1 aliphatic carbocycles. The summed E-state index contributed by atoms with van der Waals surface area (Å²) in [5.41, 5.74) is 7.29. The third kappa shape index (κ3) is 1.76. The number of hydrogen-bond acceptors (Lipinski definition) is 3. The lowest BCUT2D eigenvalue weighted by Crippen LogP contribution is -2.49. The molecule has 0 saturated heterocycles. The molecule has 0 aliphatic heterocycles. The second-order valence-electron chi connectivity index (χ2n) is 4.58. The first-order chi connectivity index (χ1) is 7.73. The van der Waals surface area contributed by atoms with Crippen molar-refractivity contribution in [3.8, 4) is 0 Å². The van der Waals surface area contributed by atoms with E-state index in [1.54, 1.807) is 7.11 Å².